The molecule has 1 aliphatic rings. The summed E-state index contributed by atoms with van der Waals surface area (Å²) < 4.78 is 27.7. The first-order valence-corrected chi connectivity index (χ1v) is 6.76. The molecule has 0 aliphatic carbocycles. The third kappa shape index (κ3) is 3.12. The Labute approximate surface area is 118 Å². The molecule has 2 rings (SSSR count). The van der Waals surface area contributed by atoms with Crippen molar-refractivity contribution in [2.24, 2.45) is 0 Å². The minimum atomic E-state index is -0.880. The van der Waals surface area contributed by atoms with E-state index in [-0.39, 0.29) is 4.47 Å². The number of carbonyl (C=O) groups excluding carboxylic acids is 1. The van der Waals surface area contributed by atoms with Gasteiger partial charge in [0.2, 0.25) is 0 Å². The largest absolute Gasteiger partial charge is 0.390 e. The SMILES string of the molecule is CC1(O)CCN(C(=O)c2c(F)cc(Br)cc2F)CC1. The van der Waals surface area contributed by atoms with Gasteiger partial charge in [0.1, 0.15) is 17.2 Å². The van der Waals surface area contributed by atoms with Crippen molar-refractivity contribution in [1.82, 2.24) is 4.90 Å². The molecule has 0 aromatic heterocycles. The molecule has 6 heteroatoms. The molecule has 0 atom stereocenters. The quantitative estimate of drug-likeness (QED) is 0.858. The lowest BCUT2D eigenvalue weighted by molar-refractivity contribution is -0.00225. The first-order chi connectivity index (χ1) is 8.80. The minimum absolute atomic E-state index is 0.251. The van der Waals surface area contributed by atoms with Gasteiger partial charge in [-0.05, 0) is 31.9 Å². The molecule has 1 aromatic carbocycles. The van der Waals surface area contributed by atoms with Crippen LogP contribution >= 0.6 is 15.9 Å². The van der Waals surface area contributed by atoms with Gasteiger partial charge in [0.25, 0.3) is 5.91 Å². The molecule has 0 unspecified atom stereocenters. The average molecular weight is 334 g/mol. The van der Waals surface area contributed by atoms with E-state index in [1.807, 2.05) is 0 Å². The predicted octanol–water partition coefficient (Wildman–Crippen LogP) is 2.71. The van der Waals surface area contributed by atoms with E-state index in [0.717, 1.165) is 12.1 Å². The summed E-state index contributed by atoms with van der Waals surface area (Å²) in [5, 5.41) is 9.80. The Kier molecular flexibility index (Phi) is 3.92. The Morgan fingerprint density at radius 1 is 1.32 bits per heavy atom. The molecule has 1 aromatic rings. The maximum atomic E-state index is 13.7. The summed E-state index contributed by atoms with van der Waals surface area (Å²) in [5.74, 6) is -2.43. The zero-order valence-electron chi connectivity index (χ0n) is 10.4. The Bertz CT molecular complexity index is 486. The second-order valence-corrected chi connectivity index (χ2v) is 5.95. The van der Waals surface area contributed by atoms with Gasteiger partial charge in [0, 0.05) is 17.6 Å². The van der Waals surface area contributed by atoms with Crippen molar-refractivity contribution < 1.29 is 18.7 Å². The Hall–Kier alpha value is -1.01. The third-order valence-corrected chi connectivity index (χ3v) is 3.81. The van der Waals surface area contributed by atoms with Gasteiger partial charge in [0.05, 0.1) is 5.60 Å². The summed E-state index contributed by atoms with van der Waals surface area (Å²) in [6, 6.07) is 2.13. The van der Waals surface area contributed by atoms with Crippen LogP contribution in [-0.4, -0.2) is 34.6 Å². The lowest BCUT2D eigenvalue weighted by atomic mass is 9.93. The van der Waals surface area contributed by atoms with Gasteiger partial charge in [-0.3, -0.25) is 4.79 Å². The van der Waals surface area contributed by atoms with Crippen molar-refractivity contribution in [3.63, 3.8) is 0 Å². The molecule has 1 amide bonds. The van der Waals surface area contributed by atoms with E-state index in [9.17, 15) is 18.7 Å². The molecule has 104 valence electrons. The fraction of sp³-hybridized carbons (Fsp3) is 0.462. The summed E-state index contributed by atoms with van der Waals surface area (Å²) in [5.41, 5.74) is -1.35. The first kappa shape index (κ1) is 14.4. The van der Waals surface area contributed by atoms with E-state index in [1.54, 1.807) is 6.92 Å². The maximum absolute atomic E-state index is 13.7. The maximum Gasteiger partial charge on any atom is 0.259 e. The normalized spacial score (nSPS) is 18.5. The molecule has 0 saturated carbocycles. The number of hydrogen-bond acceptors (Lipinski definition) is 2. The molecular weight excluding hydrogens is 320 g/mol. The molecule has 1 fully saturated rings. The van der Waals surface area contributed by atoms with Crippen molar-refractivity contribution in [2.45, 2.75) is 25.4 Å². The first-order valence-electron chi connectivity index (χ1n) is 5.96. The number of hydrogen-bond donors (Lipinski definition) is 1. The molecule has 0 spiro atoms. The zero-order valence-corrected chi connectivity index (χ0v) is 12.0. The van der Waals surface area contributed by atoms with Crippen molar-refractivity contribution in [3.05, 3.63) is 33.8 Å². The number of aliphatic hydroxyl groups is 1. The van der Waals surface area contributed by atoms with Crippen molar-refractivity contribution in [1.29, 1.82) is 0 Å². The van der Waals surface area contributed by atoms with Crippen LogP contribution < -0.4 is 0 Å². The lowest BCUT2D eigenvalue weighted by Gasteiger charge is -2.35. The Morgan fingerprint density at radius 2 is 1.79 bits per heavy atom. The average Bonchev–Trinajstić information content (AvgIpc) is 2.27. The number of rotatable bonds is 1. The van der Waals surface area contributed by atoms with E-state index in [0.29, 0.717) is 25.9 Å². The van der Waals surface area contributed by atoms with E-state index < -0.39 is 28.7 Å². The number of piperidine rings is 1. The smallest absolute Gasteiger partial charge is 0.259 e. The van der Waals surface area contributed by atoms with Crippen molar-refractivity contribution in [2.75, 3.05) is 13.1 Å². The molecule has 1 saturated heterocycles. The van der Waals surface area contributed by atoms with E-state index in [4.69, 9.17) is 0 Å². The Balaban J connectivity index is 2.22. The van der Waals surface area contributed by atoms with Crippen molar-refractivity contribution >= 4 is 21.8 Å². The fourth-order valence-electron chi connectivity index (χ4n) is 2.10. The summed E-state index contributed by atoms with van der Waals surface area (Å²) in [6.45, 7) is 2.27. The van der Waals surface area contributed by atoms with Gasteiger partial charge < -0.3 is 10.0 Å². The second kappa shape index (κ2) is 5.17. The molecule has 1 heterocycles. The van der Waals surface area contributed by atoms with Crippen LogP contribution in [-0.2, 0) is 0 Å². The minimum Gasteiger partial charge on any atom is -0.390 e. The summed E-state index contributed by atoms with van der Waals surface area (Å²) in [4.78, 5) is 13.5. The van der Waals surface area contributed by atoms with Gasteiger partial charge in [0.15, 0.2) is 0 Å². The highest BCUT2D eigenvalue weighted by Gasteiger charge is 2.32. The summed E-state index contributed by atoms with van der Waals surface area (Å²) >= 11 is 2.97. The molecule has 1 N–H and O–H groups in total. The second-order valence-electron chi connectivity index (χ2n) is 5.03. The van der Waals surface area contributed by atoms with E-state index in [1.165, 1.54) is 4.90 Å². The van der Waals surface area contributed by atoms with E-state index >= 15 is 0 Å². The number of likely N-dealkylation sites (tertiary alicyclic amines) is 1. The molecule has 0 bridgehead atoms. The Morgan fingerprint density at radius 3 is 2.26 bits per heavy atom. The standard InChI is InChI=1S/C13H14BrF2NO2/c1-13(19)2-4-17(5-3-13)12(18)11-9(15)6-8(14)7-10(11)16/h6-7,19H,2-5H2,1H3. The fourth-order valence-corrected chi connectivity index (χ4v) is 2.50. The number of halogens is 3. The van der Waals surface area contributed by atoms with Crippen LogP contribution in [0.2, 0.25) is 0 Å². The highest BCUT2D eigenvalue weighted by Crippen LogP contribution is 2.25. The van der Waals surface area contributed by atoms with Crippen LogP contribution in [0.1, 0.15) is 30.1 Å². The van der Waals surface area contributed by atoms with Gasteiger partial charge in [-0.15, -0.1) is 0 Å². The third-order valence-electron chi connectivity index (χ3n) is 3.35. The van der Waals surface area contributed by atoms with Gasteiger partial charge in [-0.25, -0.2) is 8.78 Å². The molecule has 0 radical (unpaired) electrons. The molecule has 3 nitrogen and oxygen atoms in total. The van der Waals surface area contributed by atoms with Crippen LogP contribution in [0.15, 0.2) is 16.6 Å². The highest BCUT2D eigenvalue weighted by molar-refractivity contribution is 9.10. The molecule has 1 aliphatic heterocycles. The van der Waals surface area contributed by atoms with Gasteiger partial charge in [-0.2, -0.15) is 0 Å². The van der Waals surface area contributed by atoms with Crippen LogP contribution in [0.5, 0.6) is 0 Å². The topological polar surface area (TPSA) is 40.5 Å². The molecule has 19 heavy (non-hydrogen) atoms. The number of benzene rings is 1. The van der Waals surface area contributed by atoms with Gasteiger partial charge in [-0.1, -0.05) is 15.9 Å². The van der Waals surface area contributed by atoms with Crippen molar-refractivity contribution in [3.8, 4) is 0 Å². The number of carbonyl (C=O) groups is 1. The van der Waals surface area contributed by atoms with Crippen LogP contribution in [0, 0.1) is 11.6 Å². The van der Waals surface area contributed by atoms with Crippen LogP contribution in [0.4, 0.5) is 8.78 Å². The molecular formula is C13H14BrF2NO2. The summed E-state index contributed by atoms with van der Waals surface area (Å²) in [6.07, 6.45) is 0.803. The lowest BCUT2D eigenvalue weighted by Crippen LogP contribution is -2.45. The monoisotopic (exact) mass is 333 g/mol. The number of amides is 1. The van der Waals surface area contributed by atoms with Crippen LogP contribution in [0.25, 0.3) is 0 Å². The predicted molar refractivity (Wildman–Crippen MR) is 69.8 cm³/mol. The zero-order chi connectivity index (χ0) is 14.2. The highest BCUT2D eigenvalue weighted by atomic mass is 79.9. The summed E-state index contributed by atoms with van der Waals surface area (Å²) in [7, 11) is 0. The van der Waals surface area contributed by atoms with Gasteiger partial charge >= 0.3 is 0 Å². The van der Waals surface area contributed by atoms with E-state index in [2.05, 4.69) is 15.9 Å². The van der Waals surface area contributed by atoms with Crippen LogP contribution in [0.3, 0.4) is 0 Å². The number of nitrogens with zero attached hydrogens (tertiary/aromatic N) is 1.